The average Bonchev–Trinajstić information content (AvgIpc) is 2.65. The molecule has 4 heteroatoms. The third-order valence-corrected chi connectivity index (χ3v) is 2.83. The summed E-state index contributed by atoms with van der Waals surface area (Å²) in [6.45, 7) is 2.55. The molecule has 0 fully saturated rings. The molecule has 0 aliphatic heterocycles. The highest BCUT2D eigenvalue weighted by Crippen LogP contribution is 2.22. The quantitative estimate of drug-likeness (QED) is 0.810. The van der Waals surface area contributed by atoms with Crippen molar-refractivity contribution >= 4 is 17.2 Å². The van der Waals surface area contributed by atoms with Crippen LogP contribution in [0.4, 0.5) is 0 Å². The van der Waals surface area contributed by atoms with Gasteiger partial charge in [0.15, 0.2) is 5.06 Å². The van der Waals surface area contributed by atoms with E-state index in [0.717, 1.165) is 11.5 Å². The van der Waals surface area contributed by atoms with Gasteiger partial charge in [-0.3, -0.25) is 4.79 Å². The molecule has 0 aliphatic carbocycles. The highest BCUT2D eigenvalue weighted by molar-refractivity contribution is 7.12. The lowest BCUT2D eigenvalue weighted by Gasteiger charge is -2.00. The Hall–Kier alpha value is -1.03. The second-order valence-corrected chi connectivity index (χ2v) is 3.81. The summed E-state index contributed by atoms with van der Waals surface area (Å²) in [5.41, 5.74) is 1.21. The van der Waals surface area contributed by atoms with Gasteiger partial charge in [-0.25, -0.2) is 0 Å². The molecule has 1 amide bonds. The zero-order valence-corrected chi connectivity index (χ0v) is 9.32. The molecule has 0 saturated heterocycles. The lowest BCUT2D eigenvalue weighted by Crippen LogP contribution is -2.24. The zero-order chi connectivity index (χ0) is 10.4. The highest BCUT2D eigenvalue weighted by Gasteiger charge is 2.00. The van der Waals surface area contributed by atoms with Crippen LogP contribution in [0.5, 0.6) is 5.06 Å². The zero-order valence-electron chi connectivity index (χ0n) is 8.50. The third kappa shape index (κ3) is 3.38. The molecule has 1 heterocycles. The van der Waals surface area contributed by atoms with Crippen molar-refractivity contribution in [1.82, 2.24) is 5.32 Å². The number of rotatable bonds is 5. The molecule has 0 unspecified atom stereocenters. The Labute approximate surface area is 88.1 Å². The van der Waals surface area contributed by atoms with Crippen molar-refractivity contribution in [3.63, 3.8) is 0 Å². The fourth-order valence-electron chi connectivity index (χ4n) is 1.06. The molecular formula is C10H15NO2S. The van der Waals surface area contributed by atoms with E-state index < -0.39 is 0 Å². The fraction of sp³-hybridized carbons (Fsp3) is 0.500. The van der Waals surface area contributed by atoms with Crippen molar-refractivity contribution in [3.8, 4) is 5.06 Å². The maximum atomic E-state index is 10.9. The summed E-state index contributed by atoms with van der Waals surface area (Å²) in [7, 11) is 1.66. The minimum atomic E-state index is 0.104. The van der Waals surface area contributed by atoms with Gasteiger partial charge in [-0.1, -0.05) is 6.92 Å². The Kier molecular flexibility index (Phi) is 4.46. The standard InChI is InChI=1S/C10H15NO2S/c1-3-9(12)11-5-4-8-6-10(13-2)14-7-8/h6-7H,3-5H2,1-2H3,(H,11,12). The monoisotopic (exact) mass is 213 g/mol. The van der Waals surface area contributed by atoms with Crippen molar-refractivity contribution in [2.24, 2.45) is 0 Å². The summed E-state index contributed by atoms with van der Waals surface area (Å²) in [4.78, 5) is 10.9. The number of nitrogens with one attached hydrogen (secondary N) is 1. The van der Waals surface area contributed by atoms with Crippen molar-refractivity contribution in [1.29, 1.82) is 0 Å². The normalized spacial score (nSPS) is 9.86. The molecule has 0 aromatic carbocycles. The van der Waals surface area contributed by atoms with Gasteiger partial charge in [0.1, 0.15) is 0 Å². The van der Waals surface area contributed by atoms with Crippen LogP contribution in [-0.2, 0) is 11.2 Å². The SMILES string of the molecule is CCC(=O)NCCc1csc(OC)c1. The largest absolute Gasteiger partial charge is 0.487 e. The van der Waals surface area contributed by atoms with E-state index in [0.29, 0.717) is 13.0 Å². The van der Waals surface area contributed by atoms with Crippen LogP contribution in [0.25, 0.3) is 0 Å². The van der Waals surface area contributed by atoms with Crippen molar-refractivity contribution < 1.29 is 9.53 Å². The van der Waals surface area contributed by atoms with Gasteiger partial charge in [0.2, 0.25) is 5.91 Å². The summed E-state index contributed by atoms with van der Waals surface area (Å²) in [6.07, 6.45) is 1.42. The van der Waals surface area contributed by atoms with Crippen LogP contribution in [0.3, 0.4) is 0 Å². The second kappa shape index (κ2) is 5.65. The fourth-order valence-corrected chi connectivity index (χ4v) is 1.83. The van der Waals surface area contributed by atoms with Gasteiger partial charge in [-0.05, 0) is 23.4 Å². The van der Waals surface area contributed by atoms with E-state index in [2.05, 4.69) is 10.7 Å². The van der Waals surface area contributed by atoms with Gasteiger partial charge in [-0.2, -0.15) is 0 Å². The molecular weight excluding hydrogens is 198 g/mol. The van der Waals surface area contributed by atoms with E-state index in [1.54, 1.807) is 18.4 Å². The molecule has 0 saturated carbocycles. The lowest BCUT2D eigenvalue weighted by atomic mass is 10.2. The van der Waals surface area contributed by atoms with Gasteiger partial charge in [0.05, 0.1) is 7.11 Å². The number of ether oxygens (including phenoxy) is 1. The maximum Gasteiger partial charge on any atom is 0.219 e. The number of thiophene rings is 1. The first-order valence-electron chi connectivity index (χ1n) is 4.64. The highest BCUT2D eigenvalue weighted by atomic mass is 32.1. The van der Waals surface area contributed by atoms with Gasteiger partial charge in [0.25, 0.3) is 0 Å². The predicted octanol–water partition coefficient (Wildman–Crippen LogP) is 1.83. The first kappa shape index (κ1) is 11.0. The van der Waals surface area contributed by atoms with E-state index >= 15 is 0 Å². The number of carbonyl (C=O) groups is 1. The van der Waals surface area contributed by atoms with E-state index in [1.807, 2.05) is 13.0 Å². The van der Waals surface area contributed by atoms with Gasteiger partial charge in [0, 0.05) is 13.0 Å². The summed E-state index contributed by atoms with van der Waals surface area (Å²) in [5, 5.41) is 5.80. The van der Waals surface area contributed by atoms with Crippen molar-refractivity contribution in [2.45, 2.75) is 19.8 Å². The minimum absolute atomic E-state index is 0.104. The molecule has 1 rings (SSSR count). The summed E-state index contributed by atoms with van der Waals surface area (Å²) < 4.78 is 5.07. The first-order valence-corrected chi connectivity index (χ1v) is 5.52. The first-order chi connectivity index (χ1) is 6.76. The summed E-state index contributed by atoms with van der Waals surface area (Å²) in [6, 6.07) is 2.00. The van der Waals surface area contributed by atoms with E-state index in [4.69, 9.17) is 4.74 Å². The lowest BCUT2D eigenvalue weighted by molar-refractivity contribution is -0.120. The maximum absolute atomic E-state index is 10.9. The minimum Gasteiger partial charge on any atom is -0.487 e. The van der Waals surface area contributed by atoms with Crippen LogP contribution in [0.1, 0.15) is 18.9 Å². The molecule has 0 atom stereocenters. The topological polar surface area (TPSA) is 38.3 Å². The molecule has 0 spiro atoms. The molecule has 1 N–H and O–H groups in total. The van der Waals surface area contributed by atoms with E-state index in [9.17, 15) is 4.79 Å². The number of hydrogen-bond donors (Lipinski definition) is 1. The Balaban J connectivity index is 2.27. The van der Waals surface area contributed by atoms with Gasteiger partial charge < -0.3 is 10.1 Å². The smallest absolute Gasteiger partial charge is 0.219 e. The van der Waals surface area contributed by atoms with Gasteiger partial charge in [-0.15, -0.1) is 11.3 Å². The van der Waals surface area contributed by atoms with Gasteiger partial charge >= 0.3 is 0 Å². The number of hydrogen-bond acceptors (Lipinski definition) is 3. The molecule has 1 aromatic heterocycles. The van der Waals surface area contributed by atoms with Crippen LogP contribution in [0, 0.1) is 0 Å². The number of carbonyl (C=O) groups excluding carboxylic acids is 1. The second-order valence-electron chi connectivity index (χ2n) is 2.93. The van der Waals surface area contributed by atoms with E-state index in [1.165, 1.54) is 5.56 Å². The van der Waals surface area contributed by atoms with Crippen molar-refractivity contribution in [3.05, 3.63) is 17.0 Å². The third-order valence-electron chi connectivity index (χ3n) is 1.89. The molecule has 14 heavy (non-hydrogen) atoms. The van der Waals surface area contributed by atoms with Crippen LogP contribution in [-0.4, -0.2) is 19.6 Å². The number of methoxy groups -OCH3 is 1. The Morgan fingerprint density at radius 1 is 1.64 bits per heavy atom. The molecule has 78 valence electrons. The predicted molar refractivity (Wildman–Crippen MR) is 57.9 cm³/mol. The van der Waals surface area contributed by atoms with Crippen molar-refractivity contribution in [2.75, 3.05) is 13.7 Å². The van der Waals surface area contributed by atoms with Crippen LogP contribution in [0.15, 0.2) is 11.4 Å². The molecule has 1 aromatic rings. The van der Waals surface area contributed by atoms with Crippen LogP contribution < -0.4 is 10.1 Å². The van der Waals surface area contributed by atoms with Crippen LogP contribution in [0.2, 0.25) is 0 Å². The number of amides is 1. The Morgan fingerprint density at radius 2 is 2.43 bits per heavy atom. The molecule has 0 bridgehead atoms. The molecule has 0 radical (unpaired) electrons. The Morgan fingerprint density at radius 3 is 3.00 bits per heavy atom. The summed E-state index contributed by atoms with van der Waals surface area (Å²) in [5.74, 6) is 0.104. The molecule has 0 aliphatic rings. The van der Waals surface area contributed by atoms with Crippen LogP contribution >= 0.6 is 11.3 Å². The average molecular weight is 213 g/mol. The summed E-state index contributed by atoms with van der Waals surface area (Å²) >= 11 is 1.58. The Bertz CT molecular complexity index is 296. The van der Waals surface area contributed by atoms with E-state index in [-0.39, 0.29) is 5.91 Å². The molecule has 3 nitrogen and oxygen atoms in total.